The van der Waals surface area contributed by atoms with E-state index in [1.165, 1.54) is 25.7 Å². The second kappa shape index (κ2) is 4.99. The van der Waals surface area contributed by atoms with Crippen molar-refractivity contribution in [1.29, 1.82) is 0 Å². The maximum Gasteiger partial charge on any atom is 0.182 e. The van der Waals surface area contributed by atoms with E-state index < -0.39 is 0 Å². The fraction of sp³-hybridized carbons (Fsp3) is 0.615. The Kier molecular flexibility index (Phi) is 3.00. The van der Waals surface area contributed by atoms with E-state index in [1.807, 2.05) is 0 Å². The van der Waals surface area contributed by atoms with Crippen LogP contribution in [-0.4, -0.2) is 63.2 Å². The summed E-state index contributed by atoms with van der Waals surface area (Å²) < 4.78 is 5.93. The van der Waals surface area contributed by atoms with E-state index in [9.17, 15) is 0 Å². The van der Waals surface area contributed by atoms with Gasteiger partial charge in [0, 0.05) is 19.1 Å². The lowest BCUT2D eigenvalue weighted by atomic mass is 10.2. The van der Waals surface area contributed by atoms with Crippen molar-refractivity contribution in [3.63, 3.8) is 0 Å². The number of aromatic amines is 1. The molecule has 4 rings (SSSR count). The topological polar surface area (TPSA) is 79.0 Å². The fourth-order valence-electron chi connectivity index (χ4n) is 3.12. The van der Waals surface area contributed by atoms with Crippen molar-refractivity contribution in [3.05, 3.63) is 12.7 Å². The number of rotatable bonds is 3. The van der Waals surface area contributed by atoms with Crippen LogP contribution in [0.15, 0.2) is 12.7 Å². The molecule has 106 valence electrons. The van der Waals surface area contributed by atoms with Crippen LogP contribution in [-0.2, 0) is 4.74 Å². The van der Waals surface area contributed by atoms with E-state index in [0.29, 0.717) is 11.7 Å². The smallest absolute Gasteiger partial charge is 0.182 e. The molecule has 20 heavy (non-hydrogen) atoms. The van der Waals surface area contributed by atoms with Gasteiger partial charge >= 0.3 is 0 Å². The number of H-pyrrole nitrogens is 1. The molecule has 0 bridgehead atoms. The standard InChI is InChI=1S/C13H18N6O/c1-2-9-6-20-10(5-19(9)3-1)4-14-12-11-13(16-7-15-11)18-8-17-12/h7-10H,1-6H2,(H2,14,15,16,17,18). The highest BCUT2D eigenvalue weighted by Crippen LogP contribution is 2.23. The van der Waals surface area contributed by atoms with Gasteiger partial charge in [-0.15, -0.1) is 0 Å². The number of aromatic nitrogens is 4. The summed E-state index contributed by atoms with van der Waals surface area (Å²) in [4.78, 5) is 18.1. The maximum atomic E-state index is 5.93. The molecule has 4 heterocycles. The Bertz CT molecular complexity index is 599. The first-order valence-corrected chi connectivity index (χ1v) is 7.14. The van der Waals surface area contributed by atoms with Crippen molar-refractivity contribution in [1.82, 2.24) is 24.8 Å². The first-order valence-electron chi connectivity index (χ1n) is 7.14. The Morgan fingerprint density at radius 2 is 2.40 bits per heavy atom. The summed E-state index contributed by atoms with van der Waals surface area (Å²) in [5, 5.41) is 3.35. The van der Waals surface area contributed by atoms with E-state index in [-0.39, 0.29) is 6.10 Å². The van der Waals surface area contributed by atoms with E-state index in [0.717, 1.165) is 31.0 Å². The molecule has 0 amide bonds. The molecular formula is C13H18N6O. The SMILES string of the molecule is c1nc(NCC2CN3CCCC3CO2)c2[nH]cnc2n1. The largest absolute Gasteiger partial charge is 0.373 e. The fourth-order valence-corrected chi connectivity index (χ4v) is 3.12. The van der Waals surface area contributed by atoms with Crippen LogP contribution < -0.4 is 5.32 Å². The number of morpholine rings is 1. The van der Waals surface area contributed by atoms with Crippen LogP contribution in [0, 0.1) is 0 Å². The van der Waals surface area contributed by atoms with E-state index in [4.69, 9.17) is 4.74 Å². The molecule has 0 aromatic carbocycles. The molecular weight excluding hydrogens is 256 g/mol. The number of hydrogen-bond acceptors (Lipinski definition) is 6. The summed E-state index contributed by atoms with van der Waals surface area (Å²) in [5.74, 6) is 0.791. The zero-order valence-electron chi connectivity index (χ0n) is 11.2. The number of anilines is 1. The normalized spacial score (nSPS) is 26.8. The van der Waals surface area contributed by atoms with Gasteiger partial charge in [-0.25, -0.2) is 15.0 Å². The first kappa shape index (κ1) is 12.0. The highest BCUT2D eigenvalue weighted by Gasteiger charge is 2.32. The van der Waals surface area contributed by atoms with Gasteiger partial charge in [0.1, 0.15) is 11.8 Å². The summed E-state index contributed by atoms with van der Waals surface area (Å²) in [7, 11) is 0. The quantitative estimate of drug-likeness (QED) is 0.854. The highest BCUT2D eigenvalue weighted by atomic mass is 16.5. The number of nitrogens with one attached hydrogen (secondary N) is 2. The predicted octanol–water partition coefficient (Wildman–Crippen LogP) is 0.628. The monoisotopic (exact) mass is 274 g/mol. The van der Waals surface area contributed by atoms with Crippen LogP contribution in [0.1, 0.15) is 12.8 Å². The lowest BCUT2D eigenvalue weighted by Crippen LogP contribution is -2.48. The third-order valence-electron chi connectivity index (χ3n) is 4.18. The molecule has 2 saturated heterocycles. The zero-order valence-corrected chi connectivity index (χ0v) is 11.2. The molecule has 2 aromatic heterocycles. The van der Waals surface area contributed by atoms with Gasteiger partial charge in [-0.3, -0.25) is 4.90 Å². The third kappa shape index (κ3) is 2.12. The molecule has 0 aliphatic carbocycles. The first-order chi connectivity index (χ1) is 9.90. The number of nitrogens with zero attached hydrogens (tertiary/aromatic N) is 4. The second-order valence-electron chi connectivity index (χ2n) is 5.45. The summed E-state index contributed by atoms with van der Waals surface area (Å²) in [5.41, 5.74) is 1.54. The minimum absolute atomic E-state index is 0.220. The lowest BCUT2D eigenvalue weighted by molar-refractivity contribution is -0.0415. The van der Waals surface area contributed by atoms with Crippen molar-refractivity contribution >= 4 is 17.0 Å². The average Bonchev–Trinajstić information content (AvgIpc) is 3.13. The molecule has 2 aliphatic heterocycles. The summed E-state index contributed by atoms with van der Waals surface area (Å²) in [6.45, 7) is 3.83. The Morgan fingerprint density at radius 1 is 1.40 bits per heavy atom. The second-order valence-corrected chi connectivity index (χ2v) is 5.45. The van der Waals surface area contributed by atoms with Gasteiger partial charge in [-0.2, -0.15) is 0 Å². The average molecular weight is 274 g/mol. The van der Waals surface area contributed by atoms with Gasteiger partial charge < -0.3 is 15.0 Å². The number of ether oxygens (including phenoxy) is 1. The van der Waals surface area contributed by atoms with E-state index in [1.54, 1.807) is 6.33 Å². The van der Waals surface area contributed by atoms with E-state index in [2.05, 4.69) is 30.2 Å². The van der Waals surface area contributed by atoms with Gasteiger partial charge in [0.05, 0.1) is 19.0 Å². The van der Waals surface area contributed by atoms with Gasteiger partial charge in [0.25, 0.3) is 0 Å². The summed E-state index contributed by atoms with van der Waals surface area (Å²) >= 11 is 0. The maximum absolute atomic E-state index is 5.93. The van der Waals surface area contributed by atoms with E-state index >= 15 is 0 Å². The van der Waals surface area contributed by atoms with Gasteiger partial charge in [-0.05, 0) is 19.4 Å². The minimum atomic E-state index is 0.220. The molecule has 7 nitrogen and oxygen atoms in total. The number of hydrogen-bond donors (Lipinski definition) is 2. The van der Waals surface area contributed by atoms with Crippen LogP contribution in [0.2, 0.25) is 0 Å². The highest BCUT2D eigenvalue weighted by molar-refractivity contribution is 5.81. The number of imidazole rings is 1. The number of fused-ring (bicyclic) bond motifs is 2. The Morgan fingerprint density at radius 3 is 3.40 bits per heavy atom. The van der Waals surface area contributed by atoms with Crippen molar-refractivity contribution in [2.24, 2.45) is 0 Å². The third-order valence-corrected chi connectivity index (χ3v) is 4.18. The molecule has 2 unspecified atom stereocenters. The van der Waals surface area contributed by atoms with Gasteiger partial charge in [0.2, 0.25) is 0 Å². The molecule has 2 aromatic rings. The van der Waals surface area contributed by atoms with Crippen molar-refractivity contribution in [2.75, 3.05) is 31.6 Å². The molecule has 2 aliphatic rings. The molecule has 2 N–H and O–H groups in total. The van der Waals surface area contributed by atoms with Crippen molar-refractivity contribution in [3.8, 4) is 0 Å². The van der Waals surface area contributed by atoms with Crippen LogP contribution >= 0.6 is 0 Å². The molecule has 0 spiro atoms. The Labute approximate surface area is 116 Å². The molecule has 2 fully saturated rings. The van der Waals surface area contributed by atoms with Crippen LogP contribution in [0.3, 0.4) is 0 Å². The van der Waals surface area contributed by atoms with Gasteiger partial charge in [-0.1, -0.05) is 0 Å². The summed E-state index contributed by atoms with van der Waals surface area (Å²) in [6, 6.07) is 0.643. The Hall–Kier alpha value is -1.73. The predicted molar refractivity (Wildman–Crippen MR) is 74.5 cm³/mol. The summed E-state index contributed by atoms with van der Waals surface area (Å²) in [6.07, 6.45) is 5.97. The lowest BCUT2D eigenvalue weighted by Gasteiger charge is -2.35. The minimum Gasteiger partial charge on any atom is -0.373 e. The van der Waals surface area contributed by atoms with Gasteiger partial charge in [0.15, 0.2) is 11.5 Å². The Balaban J connectivity index is 1.42. The van der Waals surface area contributed by atoms with Crippen molar-refractivity contribution in [2.45, 2.75) is 25.0 Å². The molecule has 2 atom stereocenters. The molecule has 0 radical (unpaired) electrons. The van der Waals surface area contributed by atoms with Crippen LogP contribution in [0.25, 0.3) is 11.2 Å². The molecule has 7 heteroatoms. The zero-order chi connectivity index (χ0) is 13.4. The van der Waals surface area contributed by atoms with Crippen LogP contribution in [0.5, 0.6) is 0 Å². The molecule has 0 saturated carbocycles. The van der Waals surface area contributed by atoms with Crippen molar-refractivity contribution < 1.29 is 4.74 Å². The van der Waals surface area contributed by atoms with Crippen LogP contribution in [0.4, 0.5) is 5.82 Å².